The molecule has 3 unspecified atom stereocenters. The van der Waals surface area contributed by atoms with Gasteiger partial charge in [-0.3, -0.25) is 9.59 Å². The van der Waals surface area contributed by atoms with Crippen molar-refractivity contribution in [2.24, 2.45) is 11.8 Å². The van der Waals surface area contributed by atoms with Gasteiger partial charge in [0.2, 0.25) is 6.79 Å². The highest BCUT2D eigenvalue weighted by atomic mass is 16.7. The SMILES string of the molecule is COCCOC(=O)C1=C(C)NC2=C(C(=O)C(C(=O)OC)C(C)C2)C1c1ccc2c(c1)OCO2. The Hall–Kier alpha value is -3.33. The number of rotatable bonds is 6. The van der Waals surface area contributed by atoms with Gasteiger partial charge in [0.05, 0.1) is 19.3 Å². The number of carbonyl (C=O) groups excluding carboxylic acids is 3. The van der Waals surface area contributed by atoms with Gasteiger partial charge in [0, 0.05) is 30.0 Å². The minimum absolute atomic E-state index is 0.0711. The third-order valence-corrected chi connectivity index (χ3v) is 6.21. The van der Waals surface area contributed by atoms with Crippen molar-refractivity contribution in [3.05, 3.63) is 46.3 Å². The highest BCUT2D eigenvalue weighted by Crippen LogP contribution is 2.47. The Balaban J connectivity index is 1.82. The van der Waals surface area contributed by atoms with Crippen LogP contribution >= 0.6 is 0 Å². The van der Waals surface area contributed by atoms with Gasteiger partial charge in [-0.15, -0.1) is 0 Å². The number of esters is 2. The molecular weight excluding hydrogens is 430 g/mol. The normalized spacial score (nSPS) is 23.8. The molecule has 0 aromatic heterocycles. The van der Waals surface area contributed by atoms with Crippen molar-refractivity contribution < 1.29 is 38.1 Å². The molecule has 1 N–H and O–H groups in total. The fraction of sp³-hybridized carbons (Fsp3) is 0.458. The molecule has 3 atom stereocenters. The molecule has 0 fully saturated rings. The Bertz CT molecular complexity index is 1060. The van der Waals surface area contributed by atoms with Gasteiger partial charge in [-0.05, 0) is 37.0 Å². The van der Waals surface area contributed by atoms with Gasteiger partial charge in [-0.2, -0.15) is 0 Å². The Morgan fingerprint density at radius 2 is 1.91 bits per heavy atom. The number of carbonyl (C=O) groups is 3. The summed E-state index contributed by atoms with van der Waals surface area (Å²) >= 11 is 0. The molecule has 2 heterocycles. The molecule has 176 valence electrons. The first kappa shape index (κ1) is 22.8. The van der Waals surface area contributed by atoms with Crippen molar-refractivity contribution in [1.29, 1.82) is 0 Å². The summed E-state index contributed by atoms with van der Waals surface area (Å²) in [5.74, 6) is -2.33. The lowest BCUT2D eigenvalue weighted by Gasteiger charge is -2.38. The zero-order valence-electron chi connectivity index (χ0n) is 19.1. The molecule has 1 aromatic carbocycles. The number of fused-ring (bicyclic) bond motifs is 1. The van der Waals surface area contributed by atoms with Crippen LogP contribution in [0.15, 0.2) is 40.7 Å². The fourth-order valence-corrected chi connectivity index (χ4v) is 4.67. The van der Waals surface area contributed by atoms with Crippen LogP contribution in [-0.2, 0) is 28.6 Å². The second-order valence-corrected chi connectivity index (χ2v) is 8.28. The molecule has 9 heteroatoms. The zero-order chi connectivity index (χ0) is 23.7. The molecule has 0 saturated carbocycles. The third kappa shape index (κ3) is 4.08. The van der Waals surface area contributed by atoms with E-state index in [4.69, 9.17) is 23.7 Å². The quantitative estimate of drug-likeness (QED) is 0.391. The summed E-state index contributed by atoms with van der Waals surface area (Å²) in [5, 5.41) is 3.23. The number of benzene rings is 1. The van der Waals surface area contributed by atoms with Crippen LogP contribution in [-0.4, -0.2) is 51.9 Å². The van der Waals surface area contributed by atoms with Gasteiger partial charge in [-0.25, -0.2) is 4.79 Å². The second kappa shape index (κ2) is 9.27. The summed E-state index contributed by atoms with van der Waals surface area (Å²) in [6.45, 7) is 4.03. The van der Waals surface area contributed by atoms with E-state index >= 15 is 0 Å². The Labute approximate surface area is 191 Å². The minimum atomic E-state index is -0.948. The maximum absolute atomic E-state index is 13.7. The molecular formula is C24H27NO8. The van der Waals surface area contributed by atoms with Crippen molar-refractivity contribution in [3.8, 4) is 11.5 Å². The minimum Gasteiger partial charge on any atom is -0.468 e. The van der Waals surface area contributed by atoms with Crippen LogP contribution in [0.3, 0.4) is 0 Å². The van der Waals surface area contributed by atoms with Crippen molar-refractivity contribution in [3.63, 3.8) is 0 Å². The van der Waals surface area contributed by atoms with E-state index in [0.29, 0.717) is 46.0 Å². The number of Topliss-reactive ketones (excluding diaryl/α,β-unsaturated/α-hetero) is 1. The van der Waals surface area contributed by atoms with Crippen molar-refractivity contribution in [2.45, 2.75) is 26.2 Å². The molecule has 0 saturated heterocycles. The van der Waals surface area contributed by atoms with Crippen LogP contribution < -0.4 is 14.8 Å². The first-order valence-corrected chi connectivity index (χ1v) is 10.8. The van der Waals surface area contributed by atoms with Crippen LogP contribution in [0.25, 0.3) is 0 Å². The van der Waals surface area contributed by atoms with Crippen LogP contribution in [0.5, 0.6) is 11.5 Å². The van der Waals surface area contributed by atoms with Crippen molar-refractivity contribution >= 4 is 17.7 Å². The van der Waals surface area contributed by atoms with E-state index < -0.39 is 23.8 Å². The Morgan fingerprint density at radius 3 is 2.64 bits per heavy atom. The van der Waals surface area contributed by atoms with Gasteiger partial charge < -0.3 is 29.0 Å². The summed E-state index contributed by atoms with van der Waals surface area (Å²) < 4.78 is 26.3. The largest absolute Gasteiger partial charge is 0.468 e. The number of hydrogen-bond acceptors (Lipinski definition) is 9. The van der Waals surface area contributed by atoms with E-state index in [1.807, 2.05) is 6.92 Å². The van der Waals surface area contributed by atoms with Crippen molar-refractivity contribution in [2.75, 3.05) is 34.2 Å². The van der Waals surface area contributed by atoms with E-state index in [0.717, 1.165) is 0 Å². The van der Waals surface area contributed by atoms with Gasteiger partial charge in [-0.1, -0.05) is 13.0 Å². The van der Waals surface area contributed by atoms with E-state index in [1.54, 1.807) is 25.1 Å². The molecule has 9 nitrogen and oxygen atoms in total. The van der Waals surface area contributed by atoms with E-state index in [9.17, 15) is 14.4 Å². The molecule has 1 aromatic rings. The van der Waals surface area contributed by atoms with E-state index in [1.165, 1.54) is 14.2 Å². The predicted octanol–water partition coefficient (Wildman–Crippen LogP) is 2.22. The predicted molar refractivity (Wildman–Crippen MR) is 115 cm³/mol. The summed E-state index contributed by atoms with van der Waals surface area (Å²) in [6, 6.07) is 5.30. The molecule has 0 bridgehead atoms. The van der Waals surface area contributed by atoms with Crippen molar-refractivity contribution in [1.82, 2.24) is 5.32 Å². The van der Waals surface area contributed by atoms with Gasteiger partial charge >= 0.3 is 11.9 Å². The number of nitrogens with one attached hydrogen (secondary N) is 1. The monoisotopic (exact) mass is 457 g/mol. The Kier molecular flexibility index (Phi) is 6.42. The molecule has 3 aliphatic rings. The number of allylic oxidation sites excluding steroid dienone is 3. The van der Waals surface area contributed by atoms with Crippen LogP contribution in [0.4, 0.5) is 0 Å². The number of dihydropyridines is 1. The number of ketones is 1. The Morgan fingerprint density at radius 1 is 1.15 bits per heavy atom. The van der Waals surface area contributed by atoms with Gasteiger partial charge in [0.1, 0.15) is 12.5 Å². The van der Waals surface area contributed by atoms with Crippen LogP contribution in [0, 0.1) is 11.8 Å². The third-order valence-electron chi connectivity index (χ3n) is 6.21. The molecule has 33 heavy (non-hydrogen) atoms. The topological polar surface area (TPSA) is 109 Å². The number of methoxy groups -OCH3 is 2. The fourth-order valence-electron chi connectivity index (χ4n) is 4.67. The molecule has 1 aliphatic carbocycles. The summed E-state index contributed by atoms with van der Waals surface area (Å²) in [5.41, 5.74) is 2.62. The average Bonchev–Trinajstić information content (AvgIpc) is 3.25. The highest BCUT2D eigenvalue weighted by Gasteiger charge is 2.47. The molecule has 0 spiro atoms. The number of ether oxygens (including phenoxy) is 5. The standard InChI is InChI=1S/C24H27NO8/c1-12-9-15-21(22(26)18(12)23(27)30-4)20(14-5-6-16-17(10-14)33-11-32-16)19(13(2)25-15)24(28)31-8-7-29-3/h5-6,10,12,18,20,25H,7-9,11H2,1-4H3. The lowest BCUT2D eigenvalue weighted by atomic mass is 9.69. The zero-order valence-corrected chi connectivity index (χ0v) is 19.1. The molecule has 4 rings (SSSR count). The number of hydrogen-bond donors (Lipinski definition) is 1. The molecule has 2 aliphatic heterocycles. The van der Waals surface area contributed by atoms with Gasteiger partial charge in [0.25, 0.3) is 0 Å². The maximum Gasteiger partial charge on any atom is 0.336 e. The van der Waals surface area contributed by atoms with E-state index in [2.05, 4.69) is 5.32 Å². The highest BCUT2D eigenvalue weighted by molar-refractivity contribution is 6.12. The summed E-state index contributed by atoms with van der Waals surface area (Å²) in [4.78, 5) is 39.3. The summed E-state index contributed by atoms with van der Waals surface area (Å²) in [6.07, 6.45) is 0.464. The first-order chi connectivity index (χ1) is 15.9. The average molecular weight is 457 g/mol. The lowest BCUT2D eigenvalue weighted by molar-refractivity contribution is -0.151. The van der Waals surface area contributed by atoms with Gasteiger partial charge in [0.15, 0.2) is 17.3 Å². The van der Waals surface area contributed by atoms with Crippen LogP contribution in [0.1, 0.15) is 31.7 Å². The summed E-state index contributed by atoms with van der Waals surface area (Å²) in [7, 11) is 2.78. The molecule has 0 radical (unpaired) electrons. The smallest absolute Gasteiger partial charge is 0.336 e. The molecule has 0 amide bonds. The van der Waals surface area contributed by atoms with E-state index in [-0.39, 0.29) is 31.7 Å². The first-order valence-electron chi connectivity index (χ1n) is 10.8. The lowest BCUT2D eigenvalue weighted by Crippen LogP contribution is -2.43. The van der Waals surface area contributed by atoms with Crippen LogP contribution in [0.2, 0.25) is 0 Å². The second-order valence-electron chi connectivity index (χ2n) is 8.28. The maximum atomic E-state index is 13.7.